The first kappa shape index (κ1) is 26.8. The summed E-state index contributed by atoms with van der Waals surface area (Å²) in [5, 5.41) is 0.915. The number of rotatable bonds is 5. The Morgan fingerprint density at radius 2 is 1.55 bits per heavy atom. The van der Waals surface area contributed by atoms with E-state index in [9.17, 15) is 0 Å². The van der Waals surface area contributed by atoms with E-state index >= 15 is 0 Å². The summed E-state index contributed by atoms with van der Waals surface area (Å²) in [6.07, 6.45) is 11.1. The van der Waals surface area contributed by atoms with Crippen molar-refractivity contribution in [3.05, 3.63) is 105 Å². The van der Waals surface area contributed by atoms with Gasteiger partial charge in [0, 0.05) is 46.1 Å². The zero-order valence-electron chi connectivity index (χ0n) is 24.4. The van der Waals surface area contributed by atoms with Crippen LogP contribution in [-0.2, 0) is 10.8 Å². The van der Waals surface area contributed by atoms with Gasteiger partial charge in [-0.3, -0.25) is 0 Å². The normalized spacial score (nSPS) is 22.0. The van der Waals surface area contributed by atoms with Crippen molar-refractivity contribution in [1.82, 2.24) is 0 Å². The van der Waals surface area contributed by atoms with Gasteiger partial charge in [0.2, 0.25) is 5.69 Å². The maximum atomic E-state index is 7.01. The molecule has 0 amide bonds. The van der Waals surface area contributed by atoms with Gasteiger partial charge in [0.05, 0.1) is 5.41 Å². The van der Waals surface area contributed by atoms with Crippen LogP contribution in [-0.4, -0.2) is 23.4 Å². The summed E-state index contributed by atoms with van der Waals surface area (Å²) in [7, 11) is 0. The van der Waals surface area contributed by atoms with E-state index in [0.29, 0.717) is 0 Å². The molecule has 0 spiro atoms. The van der Waals surface area contributed by atoms with Crippen molar-refractivity contribution in [2.75, 3.05) is 18.0 Å². The van der Waals surface area contributed by atoms with E-state index in [2.05, 4.69) is 126 Å². The lowest BCUT2D eigenvalue weighted by Gasteiger charge is -2.26. The molecule has 0 bridgehead atoms. The highest BCUT2D eigenvalue weighted by atomic mass is 35.5. The average molecular weight is 526 g/mol. The van der Waals surface area contributed by atoms with Gasteiger partial charge in [0.1, 0.15) is 6.54 Å². The predicted octanol–water partition coefficient (Wildman–Crippen LogP) is 9.17. The van der Waals surface area contributed by atoms with Crippen molar-refractivity contribution < 1.29 is 4.58 Å². The van der Waals surface area contributed by atoms with Crippen LogP contribution in [0.1, 0.15) is 76.6 Å². The van der Waals surface area contributed by atoms with Gasteiger partial charge in [-0.05, 0) is 89.3 Å². The Hall–Kier alpha value is -2.84. The molecule has 2 aliphatic heterocycles. The van der Waals surface area contributed by atoms with Crippen molar-refractivity contribution in [2.45, 2.75) is 79.1 Å². The number of likely N-dealkylation sites (N-methyl/N-ethyl adjacent to an activating group) is 1. The number of hydrogen-bond acceptors (Lipinski definition) is 1. The minimum absolute atomic E-state index is 0.0341. The van der Waals surface area contributed by atoms with Gasteiger partial charge in [-0.15, -0.1) is 0 Å². The predicted molar refractivity (Wildman–Crippen MR) is 164 cm³/mol. The number of hydrogen-bond donors (Lipinski definition) is 0. The minimum Gasteiger partial charge on any atom is -0.344 e. The molecule has 1 aliphatic carbocycles. The Balaban J connectivity index is 1.46. The van der Waals surface area contributed by atoms with Crippen LogP contribution in [0.5, 0.6) is 0 Å². The molecule has 0 aromatic heterocycles. The number of halogens is 1. The van der Waals surface area contributed by atoms with Crippen LogP contribution in [0.4, 0.5) is 11.4 Å². The summed E-state index contributed by atoms with van der Waals surface area (Å²) in [6.45, 7) is 20.1. The van der Waals surface area contributed by atoms with Crippen LogP contribution < -0.4 is 4.90 Å². The van der Waals surface area contributed by atoms with Gasteiger partial charge in [-0.1, -0.05) is 66.9 Å². The topological polar surface area (TPSA) is 6.25 Å². The molecular weight excluding hydrogens is 484 g/mol. The molecule has 2 aromatic carbocycles. The molecule has 0 atom stereocenters. The first-order chi connectivity index (χ1) is 18.0. The second-order valence-corrected chi connectivity index (χ2v) is 12.5. The summed E-state index contributed by atoms with van der Waals surface area (Å²) in [5.41, 5.74) is 13.2. The summed E-state index contributed by atoms with van der Waals surface area (Å²) >= 11 is 7.01. The van der Waals surface area contributed by atoms with E-state index in [1.165, 1.54) is 56.2 Å². The molecule has 198 valence electrons. The fourth-order valence-corrected chi connectivity index (χ4v) is 6.94. The Kier molecular flexibility index (Phi) is 6.84. The lowest BCUT2D eigenvalue weighted by atomic mass is 9.81. The van der Waals surface area contributed by atoms with E-state index in [4.69, 9.17) is 11.6 Å². The summed E-state index contributed by atoms with van der Waals surface area (Å²) < 4.78 is 2.46. The third-order valence-corrected chi connectivity index (χ3v) is 9.32. The fraction of sp³-hybridized carbons (Fsp3) is 0.400. The number of aryl methyl sites for hydroxylation is 2. The quantitative estimate of drug-likeness (QED) is 0.352. The first-order valence-electron chi connectivity index (χ1n) is 14.1. The van der Waals surface area contributed by atoms with E-state index in [-0.39, 0.29) is 10.8 Å². The molecule has 3 aliphatic rings. The molecule has 38 heavy (non-hydrogen) atoms. The number of fused-ring (bicyclic) bond motifs is 2. The minimum atomic E-state index is -0.0341. The van der Waals surface area contributed by atoms with Crippen molar-refractivity contribution in [2.24, 2.45) is 0 Å². The van der Waals surface area contributed by atoms with Gasteiger partial charge < -0.3 is 4.90 Å². The molecule has 2 nitrogen and oxygen atoms in total. The molecule has 0 unspecified atom stereocenters. The van der Waals surface area contributed by atoms with Crippen LogP contribution in [0.25, 0.3) is 0 Å². The van der Waals surface area contributed by atoms with E-state index in [1.807, 2.05) is 0 Å². The maximum absolute atomic E-state index is 7.01. The van der Waals surface area contributed by atoms with Crippen molar-refractivity contribution >= 4 is 28.7 Å². The maximum Gasteiger partial charge on any atom is 0.209 e. The van der Waals surface area contributed by atoms with Crippen molar-refractivity contribution in [3.8, 4) is 0 Å². The largest absolute Gasteiger partial charge is 0.344 e. The average Bonchev–Trinajstić information content (AvgIpc) is 3.41. The fourth-order valence-electron chi connectivity index (χ4n) is 6.63. The van der Waals surface area contributed by atoms with E-state index in [0.717, 1.165) is 31.0 Å². The van der Waals surface area contributed by atoms with Gasteiger partial charge in [-0.2, -0.15) is 4.58 Å². The third kappa shape index (κ3) is 4.22. The molecular formula is C35H42ClN2+. The first-order valence-corrected chi connectivity index (χ1v) is 14.5. The summed E-state index contributed by atoms with van der Waals surface area (Å²) in [4.78, 5) is 2.46. The van der Waals surface area contributed by atoms with Crippen molar-refractivity contribution in [3.63, 3.8) is 0 Å². The number of allylic oxidation sites excluding steroid dienone is 8. The Bertz CT molecular complexity index is 1460. The van der Waals surface area contributed by atoms with Crippen LogP contribution in [0.3, 0.4) is 0 Å². The lowest BCUT2D eigenvalue weighted by Crippen LogP contribution is -2.27. The molecule has 0 saturated heterocycles. The van der Waals surface area contributed by atoms with Crippen molar-refractivity contribution in [1.29, 1.82) is 0 Å². The standard InChI is InChI=1S/C35H42ClN2/c1-9-37-29-17-11-23(3)21-27(29)34(5,6)31(37)19-15-25-13-14-26(33(25)36)16-20-32-35(7,8)28-22-24(4)12-18-30(28)38(32)10-2/h11-12,15-22H,9-10,13-14H2,1-8H3/q+1. The lowest BCUT2D eigenvalue weighted by molar-refractivity contribution is -0.433. The molecule has 0 saturated carbocycles. The summed E-state index contributed by atoms with van der Waals surface area (Å²) in [6, 6.07) is 13.7. The molecule has 2 heterocycles. The molecule has 0 N–H and O–H groups in total. The number of nitrogens with zero attached hydrogens (tertiary/aromatic N) is 2. The van der Waals surface area contributed by atoms with E-state index in [1.54, 1.807) is 0 Å². The second-order valence-electron chi connectivity index (χ2n) is 12.1. The zero-order valence-corrected chi connectivity index (χ0v) is 25.1. The highest BCUT2D eigenvalue weighted by molar-refractivity contribution is 6.33. The number of benzene rings is 2. The van der Waals surface area contributed by atoms with Gasteiger partial charge in [0.25, 0.3) is 0 Å². The molecule has 5 rings (SSSR count). The van der Waals surface area contributed by atoms with Crippen LogP contribution in [0.15, 0.2) is 82.6 Å². The van der Waals surface area contributed by atoms with Crippen LogP contribution >= 0.6 is 11.6 Å². The van der Waals surface area contributed by atoms with Gasteiger partial charge in [0.15, 0.2) is 5.71 Å². The highest BCUT2D eigenvalue weighted by Gasteiger charge is 2.44. The Morgan fingerprint density at radius 1 is 0.868 bits per heavy atom. The van der Waals surface area contributed by atoms with Gasteiger partial charge >= 0.3 is 0 Å². The second kappa shape index (κ2) is 9.72. The zero-order chi connectivity index (χ0) is 27.4. The Morgan fingerprint density at radius 3 is 2.24 bits per heavy atom. The molecule has 0 fully saturated rings. The highest BCUT2D eigenvalue weighted by Crippen LogP contribution is 2.48. The summed E-state index contributed by atoms with van der Waals surface area (Å²) in [5.74, 6) is 0. The van der Waals surface area contributed by atoms with Crippen LogP contribution in [0, 0.1) is 13.8 Å². The monoisotopic (exact) mass is 525 g/mol. The van der Waals surface area contributed by atoms with E-state index < -0.39 is 0 Å². The Labute approximate surface area is 234 Å². The molecule has 2 aromatic rings. The molecule has 3 heteroatoms. The van der Waals surface area contributed by atoms with Gasteiger partial charge in [-0.25, -0.2) is 0 Å². The number of anilines is 1. The smallest absolute Gasteiger partial charge is 0.209 e. The van der Waals surface area contributed by atoms with Crippen LogP contribution in [0.2, 0.25) is 0 Å². The third-order valence-electron chi connectivity index (χ3n) is 8.84. The molecule has 0 radical (unpaired) electrons. The SMILES string of the molecule is CCN1/C(=C/C=C2\CCC(/C=C/C3=[N+](CC)c4ccc(C)cc4C3(C)C)=C2Cl)C(C)(C)c2cc(C)ccc21.